The Balaban J connectivity index is 1.85. The summed E-state index contributed by atoms with van der Waals surface area (Å²) in [6.45, 7) is 0. The predicted molar refractivity (Wildman–Crippen MR) is 73.5 cm³/mol. The van der Waals surface area contributed by atoms with Crippen LogP contribution in [-0.2, 0) is 17.4 Å². The van der Waals surface area contributed by atoms with Gasteiger partial charge < -0.3 is 11.1 Å². The van der Waals surface area contributed by atoms with Crippen LogP contribution >= 0.6 is 0 Å². The predicted octanol–water partition coefficient (Wildman–Crippen LogP) is 2.63. The van der Waals surface area contributed by atoms with Gasteiger partial charge in [-0.2, -0.15) is 13.2 Å². The molecule has 1 fully saturated rings. The maximum atomic E-state index is 12.4. The summed E-state index contributed by atoms with van der Waals surface area (Å²) in [5.74, 6) is -0.157. The molecule has 3 nitrogen and oxygen atoms in total. The molecule has 1 aromatic carbocycles. The van der Waals surface area contributed by atoms with E-state index in [-0.39, 0.29) is 24.4 Å². The molecule has 1 amide bonds. The van der Waals surface area contributed by atoms with Crippen molar-refractivity contribution in [2.45, 2.75) is 50.4 Å². The van der Waals surface area contributed by atoms with Gasteiger partial charge in [0.25, 0.3) is 0 Å². The molecule has 0 saturated heterocycles. The van der Waals surface area contributed by atoms with Crippen molar-refractivity contribution in [3.8, 4) is 0 Å². The number of hydrogen-bond acceptors (Lipinski definition) is 2. The quantitative estimate of drug-likeness (QED) is 0.901. The number of alkyl halides is 3. The summed E-state index contributed by atoms with van der Waals surface area (Å²) in [4.78, 5) is 11.9. The Bertz CT molecular complexity index is 477. The van der Waals surface area contributed by atoms with E-state index < -0.39 is 11.7 Å². The highest BCUT2D eigenvalue weighted by molar-refractivity contribution is 5.78. The summed E-state index contributed by atoms with van der Waals surface area (Å²) in [6.07, 6.45) is -0.737. The number of hydrogen-bond donors (Lipinski definition) is 2. The second-order valence-corrected chi connectivity index (χ2v) is 5.55. The SMILES string of the molecule is NC1CCC(NC(=O)Cc2ccc(C(F)(F)F)cc2)CC1. The number of carbonyl (C=O) groups is 1. The van der Waals surface area contributed by atoms with Gasteiger partial charge in [0.05, 0.1) is 12.0 Å². The van der Waals surface area contributed by atoms with Crippen LogP contribution in [0, 0.1) is 0 Å². The second kappa shape index (κ2) is 6.47. The molecule has 1 aliphatic rings. The maximum absolute atomic E-state index is 12.4. The van der Waals surface area contributed by atoms with Crippen LogP contribution in [0.25, 0.3) is 0 Å². The first-order valence-corrected chi connectivity index (χ1v) is 7.05. The Hall–Kier alpha value is -1.56. The van der Waals surface area contributed by atoms with Gasteiger partial charge in [-0.05, 0) is 43.4 Å². The highest BCUT2D eigenvalue weighted by atomic mass is 19.4. The first-order valence-electron chi connectivity index (χ1n) is 7.05. The number of rotatable bonds is 3. The van der Waals surface area contributed by atoms with Gasteiger partial charge in [0.1, 0.15) is 0 Å². The Morgan fingerprint density at radius 1 is 1.14 bits per heavy atom. The van der Waals surface area contributed by atoms with Crippen molar-refractivity contribution < 1.29 is 18.0 Å². The normalized spacial score (nSPS) is 22.9. The summed E-state index contributed by atoms with van der Waals surface area (Å²) in [7, 11) is 0. The van der Waals surface area contributed by atoms with Gasteiger partial charge in [0.15, 0.2) is 0 Å². The Morgan fingerprint density at radius 3 is 2.24 bits per heavy atom. The van der Waals surface area contributed by atoms with Crippen LogP contribution in [-0.4, -0.2) is 18.0 Å². The Labute approximate surface area is 121 Å². The van der Waals surface area contributed by atoms with Crippen molar-refractivity contribution in [1.29, 1.82) is 0 Å². The molecule has 0 unspecified atom stereocenters. The second-order valence-electron chi connectivity index (χ2n) is 5.55. The molecule has 2 rings (SSSR count). The summed E-state index contributed by atoms with van der Waals surface area (Å²) in [5, 5.41) is 2.92. The molecule has 0 spiro atoms. The molecular formula is C15H19F3N2O. The number of benzene rings is 1. The van der Waals surface area contributed by atoms with Gasteiger partial charge in [-0.15, -0.1) is 0 Å². The minimum atomic E-state index is -4.35. The van der Waals surface area contributed by atoms with E-state index in [1.807, 2.05) is 0 Å². The maximum Gasteiger partial charge on any atom is 0.416 e. The van der Waals surface area contributed by atoms with Gasteiger partial charge in [-0.1, -0.05) is 12.1 Å². The van der Waals surface area contributed by atoms with Crippen molar-refractivity contribution in [2.24, 2.45) is 5.73 Å². The average Bonchev–Trinajstić information content (AvgIpc) is 2.41. The van der Waals surface area contributed by atoms with Crippen LogP contribution in [0.1, 0.15) is 36.8 Å². The molecule has 0 radical (unpaired) electrons. The lowest BCUT2D eigenvalue weighted by molar-refractivity contribution is -0.137. The van der Waals surface area contributed by atoms with Crippen molar-refractivity contribution >= 4 is 5.91 Å². The van der Waals surface area contributed by atoms with E-state index >= 15 is 0 Å². The third-order valence-electron chi connectivity index (χ3n) is 3.78. The lowest BCUT2D eigenvalue weighted by Crippen LogP contribution is -2.41. The van der Waals surface area contributed by atoms with Crippen LogP contribution in [0.4, 0.5) is 13.2 Å². The molecule has 0 bridgehead atoms. The van der Waals surface area contributed by atoms with E-state index in [2.05, 4.69) is 5.32 Å². The van der Waals surface area contributed by atoms with Crippen molar-refractivity contribution in [3.63, 3.8) is 0 Å². The van der Waals surface area contributed by atoms with Crippen molar-refractivity contribution in [3.05, 3.63) is 35.4 Å². The monoisotopic (exact) mass is 300 g/mol. The number of nitrogens with two attached hydrogens (primary N) is 1. The van der Waals surface area contributed by atoms with E-state index in [1.54, 1.807) is 0 Å². The molecule has 6 heteroatoms. The van der Waals surface area contributed by atoms with E-state index in [4.69, 9.17) is 5.73 Å². The standard InChI is InChI=1S/C15H19F3N2O/c16-15(17,18)11-3-1-10(2-4-11)9-14(21)20-13-7-5-12(19)6-8-13/h1-4,12-13H,5-9,19H2,(H,20,21). The highest BCUT2D eigenvalue weighted by Gasteiger charge is 2.30. The third kappa shape index (κ3) is 4.74. The first-order chi connectivity index (χ1) is 9.84. The fourth-order valence-corrected chi connectivity index (χ4v) is 2.54. The molecular weight excluding hydrogens is 281 g/mol. The van der Waals surface area contributed by atoms with Crippen LogP contribution in [0.15, 0.2) is 24.3 Å². The average molecular weight is 300 g/mol. The lowest BCUT2D eigenvalue weighted by atomic mass is 9.91. The lowest BCUT2D eigenvalue weighted by Gasteiger charge is -2.26. The summed E-state index contributed by atoms with van der Waals surface area (Å²) >= 11 is 0. The Morgan fingerprint density at radius 2 is 1.71 bits per heavy atom. The van der Waals surface area contributed by atoms with Gasteiger partial charge in [-0.3, -0.25) is 4.79 Å². The zero-order valence-corrected chi connectivity index (χ0v) is 11.6. The Kier molecular flexibility index (Phi) is 4.88. The number of amides is 1. The smallest absolute Gasteiger partial charge is 0.353 e. The summed E-state index contributed by atoms with van der Waals surface area (Å²) < 4.78 is 37.3. The molecule has 1 aromatic rings. The minimum Gasteiger partial charge on any atom is -0.353 e. The van der Waals surface area contributed by atoms with E-state index in [9.17, 15) is 18.0 Å². The molecule has 0 heterocycles. The summed E-state index contributed by atoms with van der Waals surface area (Å²) in [5.41, 5.74) is 5.67. The number of halogens is 3. The van der Waals surface area contributed by atoms with Crippen molar-refractivity contribution in [1.82, 2.24) is 5.32 Å². The van der Waals surface area contributed by atoms with Crippen LogP contribution in [0.2, 0.25) is 0 Å². The molecule has 21 heavy (non-hydrogen) atoms. The van der Waals surface area contributed by atoms with Crippen LogP contribution < -0.4 is 11.1 Å². The fourth-order valence-electron chi connectivity index (χ4n) is 2.54. The zero-order valence-electron chi connectivity index (χ0n) is 11.6. The summed E-state index contributed by atoms with van der Waals surface area (Å²) in [6, 6.07) is 5.04. The fraction of sp³-hybridized carbons (Fsp3) is 0.533. The molecule has 3 N–H and O–H groups in total. The molecule has 0 aromatic heterocycles. The third-order valence-corrected chi connectivity index (χ3v) is 3.78. The van der Waals surface area contributed by atoms with Gasteiger partial charge in [-0.25, -0.2) is 0 Å². The zero-order chi connectivity index (χ0) is 15.5. The highest BCUT2D eigenvalue weighted by Crippen LogP contribution is 2.29. The van der Waals surface area contributed by atoms with E-state index in [1.165, 1.54) is 12.1 Å². The van der Waals surface area contributed by atoms with Crippen LogP contribution in [0.3, 0.4) is 0 Å². The number of carbonyl (C=O) groups excluding carboxylic acids is 1. The largest absolute Gasteiger partial charge is 0.416 e. The van der Waals surface area contributed by atoms with Crippen LogP contribution in [0.5, 0.6) is 0 Å². The molecule has 116 valence electrons. The van der Waals surface area contributed by atoms with Crippen molar-refractivity contribution in [2.75, 3.05) is 0 Å². The van der Waals surface area contributed by atoms with E-state index in [0.717, 1.165) is 37.8 Å². The first kappa shape index (κ1) is 15.8. The molecule has 0 atom stereocenters. The van der Waals surface area contributed by atoms with Gasteiger partial charge in [0, 0.05) is 12.1 Å². The van der Waals surface area contributed by atoms with E-state index in [0.29, 0.717) is 5.56 Å². The molecule has 0 aliphatic heterocycles. The molecule has 1 aliphatic carbocycles. The van der Waals surface area contributed by atoms with Gasteiger partial charge in [0.2, 0.25) is 5.91 Å². The number of nitrogens with one attached hydrogen (secondary N) is 1. The minimum absolute atomic E-state index is 0.0979. The topological polar surface area (TPSA) is 55.1 Å². The molecule has 1 saturated carbocycles. The van der Waals surface area contributed by atoms with Gasteiger partial charge >= 0.3 is 6.18 Å².